The van der Waals surface area contributed by atoms with Gasteiger partial charge in [0.25, 0.3) is 0 Å². The highest BCUT2D eigenvalue weighted by Crippen LogP contribution is 2.20. The molecule has 1 fully saturated rings. The summed E-state index contributed by atoms with van der Waals surface area (Å²) in [6.45, 7) is 5.10. The van der Waals surface area contributed by atoms with E-state index in [9.17, 15) is 14.0 Å². The second-order valence-corrected chi connectivity index (χ2v) is 7.37. The third-order valence-corrected chi connectivity index (χ3v) is 5.13. The summed E-state index contributed by atoms with van der Waals surface area (Å²) in [4.78, 5) is 28.0. The fourth-order valence-electron chi connectivity index (χ4n) is 3.44. The van der Waals surface area contributed by atoms with Crippen LogP contribution in [0.3, 0.4) is 0 Å². The number of amides is 2. The number of hydrogen-bond acceptors (Lipinski definition) is 5. The molecule has 2 aromatic rings. The van der Waals surface area contributed by atoms with Crippen LogP contribution in [0, 0.1) is 5.82 Å². The number of nitrogens with zero attached hydrogens (tertiary/aromatic N) is 2. The highest BCUT2D eigenvalue weighted by Gasteiger charge is 2.18. The van der Waals surface area contributed by atoms with Crippen molar-refractivity contribution in [2.24, 2.45) is 0 Å². The Morgan fingerprint density at radius 1 is 1.03 bits per heavy atom. The Kier molecular flexibility index (Phi) is 8.66. The summed E-state index contributed by atoms with van der Waals surface area (Å²) < 4.78 is 19.0. The highest BCUT2D eigenvalue weighted by molar-refractivity contribution is 5.91. The van der Waals surface area contributed by atoms with Crippen molar-refractivity contribution >= 4 is 23.6 Å². The monoisotopic (exact) mass is 428 g/mol. The van der Waals surface area contributed by atoms with Gasteiger partial charge in [0.2, 0.25) is 11.8 Å². The quantitative estimate of drug-likeness (QED) is 0.448. The van der Waals surface area contributed by atoms with E-state index in [0.29, 0.717) is 18.0 Å². The van der Waals surface area contributed by atoms with Crippen LogP contribution in [-0.4, -0.2) is 62.5 Å². The van der Waals surface area contributed by atoms with Gasteiger partial charge in [0.1, 0.15) is 11.6 Å². The largest absolute Gasteiger partial charge is 0.465 e. The van der Waals surface area contributed by atoms with Gasteiger partial charge in [-0.2, -0.15) is 0 Å². The second kappa shape index (κ2) is 11.9. The number of nitrogens with one attached hydrogen (secondary N) is 2. The van der Waals surface area contributed by atoms with E-state index in [2.05, 4.69) is 20.4 Å². The first-order chi connectivity index (χ1) is 15.1. The van der Waals surface area contributed by atoms with Gasteiger partial charge in [-0.15, -0.1) is 0 Å². The van der Waals surface area contributed by atoms with Crippen LogP contribution in [0.4, 0.5) is 10.1 Å². The molecule has 7 nitrogen and oxygen atoms in total. The number of benzene rings is 1. The molecule has 1 aliphatic rings. The number of anilines is 1. The molecule has 0 spiro atoms. The fourth-order valence-corrected chi connectivity index (χ4v) is 3.44. The molecule has 0 radical (unpaired) electrons. The van der Waals surface area contributed by atoms with Crippen LogP contribution in [0.15, 0.2) is 53.2 Å². The average Bonchev–Trinajstić information content (AvgIpc) is 3.30. The summed E-state index contributed by atoms with van der Waals surface area (Å²) in [6.07, 6.45) is 5.58. The Bertz CT molecular complexity index is 861. The van der Waals surface area contributed by atoms with Crippen LogP contribution < -0.4 is 15.5 Å². The van der Waals surface area contributed by atoms with E-state index in [4.69, 9.17) is 4.42 Å². The van der Waals surface area contributed by atoms with Crippen molar-refractivity contribution < 1.29 is 18.4 Å². The van der Waals surface area contributed by atoms with Crippen molar-refractivity contribution in [3.05, 3.63) is 60.3 Å². The van der Waals surface area contributed by atoms with Crippen LogP contribution in [0.5, 0.6) is 0 Å². The van der Waals surface area contributed by atoms with Crippen molar-refractivity contribution in [3.63, 3.8) is 0 Å². The summed E-state index contributed by atoms with van der Waals surface area (Å²) in [5.41, 5.74) is 0.665. The number of piperazine rings is 1. The van der Waals surface area contributed by atoms with Crippen LogP contribution in [0.2, 0.25) is 0 Å². The first-order valence-electron chi connectivity index (χ1n) is 10.6. The van der Waals surface area contributed by atoms with Gasteiger partial charge < -0.3 is 20.0 Å². The lowest BCUT2D eigenvalue weighted by atomic mass is 10.2. The number of carbonyl (C=O) groups excluding carboxylic acids is 2. The fraction of sp³-hybridized carbons (Fsp3) is 0.391. The zero-order valence-electron chi connectivity index (χ0n) is 17.6. The van der Waals surface area contributed by atoms with E-state index in [-0.39, 0.29) is 30.6 Å². The lowest BCUT2D eigenvalue weighted by Gasteiger charge is -2.36. The van der Waals surface area contributed by atoms with Gasteiger partial charge in [-0.3, -0.25) is 14.5 Å². The van der Waals surface area contributed by atoms with E-state index < -0.39 is 0 Å². The lowest BCUT2D eigenvalue weighted by Crippen LogP contribution is -2.47. The molecule has 0 aliphatic carbocycles. The van der Waals surface area contributed by atoms with E-state index in [1.807, 2.05) is 12.1 Å². The number of rotatable bonds is 10. The van der Waals surface area contributed by atoms with E-state index in [1.54, 1.807) is 24.3 Å². The summed E-state index contributed by atoms with van der Waals surface area (Å²) in [6, 6.07) is 10.4. The SMILES string of the molecule is O=C(C=Cc1ccco1)NCCC(=O)NCCCN1CCN(c2ccccc2F)CC1. The third kappa shape index (κ3) is 7.57. The molecule has 31 heavy (non-hydrogen) atoms. The maximum Gasteiger partial charge on any atom is 0.244 e. The lowest BCUT2D eigenvalue weighted by molar-refractivity contribution is -0.121. The predicted octanol–water partition coefficient (Wildman–Crippen LogP) is 2.27. The minimum atomic E-state index is -0.265. The number of para-hydroxylation sites is 1. The summed E-state index contributed by atoms with van der Waals surface area (Å²) in [7, 11) is 0. The van der Waals surface area contributed by atoms with Crippen molar-refractivity contribution in [1.82, 2.24) is 15.5 Å². The van der Waals surface area contributed by atoms with Gasteiger partial charge in [-0.25, -0.2) is 4.39 Å². The molecule has 166 valence electrons. The molecule has 2 N–H and O–H groups in total. The Morgan fingerprint density at radius 3 is 2.58 bits per heavy atom. The normalized spacial score (nSPS) is 14.7. The van der Waals surface area contributed by atoms with Gasteiger partial charge in [-0.05, 0) is 43.3 Å². The van der Waals surface area contributed by atoms with Crippen molar-refractivity contribution in [2.45, 2.75) is 12.8 Å². The summed E-state index contributed by atoms with van der Waals surface area (Å²) >= 11 is 0. The molecule has 2 heterocycles. The minimum absolute atomic E-state index is 0.0836. The van der Waals surface area contributed by atoms with Gasteiger partial charge in [0, 0.05) is 51.8 Å². The van der Waals surface area contributed by atoms with Crippen molar-refractivity contribution in [2.75, 3.05) is 50.7 Å². The molecule has 2 amide bonds. The molecule has 1 saturated heterocycles. The van der Waals surface area contributed by atoms with Crippen LogP contribution in [0.25, 0.3) is 6.08 Å². The van der Waals surface area contributed by atoms with Crippen LogP contribution >= 0.6 is 0 Å². The topological polar surface area (TPSA) is 77.8 Å². The number of hydrogen-bond donors (Lipinski definition) is 2. The zero-order chi connectivity index (χ0) is 21.9. The van der Waals surface area contributed by atoms with Crippen LogP contribution in [0.1, 0.15) is 18.6 Å². The van der Waals surface area contributed by atoms with Crippen molar-refractivity contribution in [3.8, 4) is 0 Å². The molecule has 3 rings (SSSR count). The maximum absolute atomic E-state index is 13.9. The predicted molar refractivity (Wildman–Crippen MR) is 118 cm³/mol. The Balaban J connectivity index is 1.22. The number of halogens is 1. The number of furan rings is 1. The van der Waals surface area contributed by atoms with E-state index >= 15 is 0 Å². The Hall–Kier alpha value is -3.13. The third-order valence-electron chi connectivity index (χ3n) is 5.13. The average molecular weight is 429 g/mol. The standard InChI is InChI=1S/C23H29FN4O3/c24-20-6-1-2-7-21(20)28-16-14-27(15-17-28)13-4-11-25-23(30)10-12-26-22(29)9-8-19-5-3-18-31-19/h1-3,5-9,18H,4,10-17H2,(H,25,30)(H,26,29). The first kappa shape index (κ1) is 22.6. The number of carbonyl (C=O) groups is 2. The maximum atomic E-state index is 13.9. The van der Waals surface area contributed by atoms with Gasteiger partial charge in [-0.1, -0.05) is 12.1 Å². The summed E-state index contributed by atoms with van der Waals surface area (Å²) in [5.74, 6) is 0.0725. The van der Waals surface area contributed by atoms with E-state index in [1.165, 1.54) is 18.4 Å². The van der Waals surface area contributed by atoms with E-state index in [0.717, 1.165) is 39.1 Å². The molecule has 1 aromatic carbocycles. The Labute approximate surface area is 181 Å². The van der Waals surface area contributed by atoms with Crippen molar-refractivity contribution in [1.29, 1.82) is 0 Å². The van der Waals surface area contributed by atoms with Crippen LogP contribution in [-0.2, 0) is 9.59 Å². The summed E-state index contributed by atoms with van der Waals surface area (Å²) in [5, 5.41) is 5.55. The molecule has 0 saturated carbocycles. The van der Waals surface area contributed by atoms with Gasteiger partial charge in [0.05, 0.1) is 12.0 Å². The second-order valence-electron chi connectivity index (χ2n) is 7.37. The first-order valence-corrected chi connectivity index (χ1v) is 10.6. The molecule has 8 heteroatoms. The molecular formula is C23H29FN4O3. The molecule has 1 aliphatic heterocycles. The smallest absolute Gasteiger partial charge is 0.244 e. The zero-order valence-corrected chi connectivity index (χ0v) is 17.6. The highest BCUT2D eigenvalue weighted by atomic mass is 19.1. The molecule has 1 aromatic heterocycles. The molecule has 0 unspecified atom stereocenters. The van der Waals surface area contributed by atoms with Gasteiger partial charge in [0.15, 0.2) is 0 Å². The minimum Gasteiger partial charge on any atom is -0.465 e. The Morgan fingerprint density at radius 2 is 1.84 bits per heavy atom. The molecule has 0 atom stereocenters. The van der Waals surface area contributed by atoms with Gasteiger partial charge >= 0.3 is 0 Å². The molecule has 0 bridgehead atoms. The molecular weight excluding hydrogens is 399 g/mol.